The fourth-order valence-electron chi connectivity index (χ4n) is 5.77. The molecule has 0 N–H and O–H groups in total. The van der Waals surface area contributed by atoms with Crippen molar-refractivity contribution in [2.24, 2.45) is 0 Å². The van der Waals surface area contributed by atoms with E-state index < -0.39 is 0 Å². The molecular weight excluding hydrogens is 724 g/mol. The number of hydrogen-bond donors (Lipinski definition) is 0. The molecule has 0 radical (unpaired) electrons. The van der Waals surface area contributed by atoms with Gasteiger partial charge in [0, 0.05) is 62.1 Å². The number of imidazole rings is 1. The molecule has 0 amide bonds. The zero-order chi connectivity index (χ0) is 29.9. The summed E-state index contributed by atoms with van der Waals surface area (Å²) in [5.74, 6) is 2.12. The molecule has 0 saturated heterocycles. The van der Waals surface area contributed by atoms with Gasteiger partial charge in [-0.05, 0) is 67.5 Å². The molecule has 7 rings (SSSR count). The van der Waals surface area contributed by atoms with E-state index in [1.54, 1.807) is 0 Å². The van der Waals surface area contributed by atoms with Crippen LogP contribution in [0, 0.1) is 12.1 Å². The Hall–Kier alpha value is -4.21. The summed E-state index contributed by atoms with van der Waals surface area (Å²) in [6, 6.07) is 38.3. The van der Waals surface area contributed by atoms with Crippen LogP contribution >= 0.6 is 0 Å². The van der Waals surface area contributed by atoms with Crippen molar-refractivity contribution in [3.05, 3.63) is 121 Å². The molecule has 7 aromatic rings. The average Bonchev–Trinajstić information content (AvgIpc) is 3.53. The minimum Gasteiger partial charge on any atom is -0.508 e. The number of fused-ring (bicyclic) bond motifs is 4. The van der Waals surface area contributed by atoms with E-state index in [-0.39, 0.29) is 32.0 Å². The van der Waals surface area contributed by atoms with Gasteiger partial charge in [0.1, 0.15) is 5.82 Å². The van der Waals surface area contributed by atoms with Gasteiger partial charge in [0.25, 0.3) is 0 Å². The van der Waals surface area contributed by atoms with Crippen molar-refractivity contribution in [3.8, 4) is 23.0 Å². The van der Waals surface area contributed by atoms with E-state index in [0.29, 0.717) is 11.5 Å². The molecule has 0 aliphatic carbocycles. The number of aromatic nitrogens is 4. The maximum atomic E-state index is 6.43. The van der Waals surface area contributed by atoms with Crippen LogP contribution in [-0.4, -0.2) is 18.7 Å². The van der Waals surface area contributed by atoms with Crippen molar-refractivity contribution in [1.82, 2.24) is 18.7 Å². The van der Waals surface area contributed by atoms with Gasteiger partial charge in [-0.2, -0.15) is 12.1 Å². The fourth-order valence-corrected chi connectivity index (χ4v) is 5.77. The van der Waals surface area contributed by atoms with Crippen molar-refractivity contribution in [3.63, 3.8) is 0 Å². The second kappa shape index (κ2) is 11.1. The number of para-hydroxylation sites is 3. The second-order valence-corrected chi connectivity index (χ2v) is 13.1. The summed E-state index contributed by atoms with van der Waals surface area (Å²) in [5.41, 5.74) is 6.39. The first kappa shape index (κ1) is 29.8. The summed E-state index contributed by atoms with van der Waals surface area (Å²) in [4.78, 5) is 4.79. The molecule has 0 atom stereocenters. The molecular formula is C38H35N4OPt-. The molecule has 44 heavy (non-hydrogen) atoms. The van der Waals surface area contributed by atoms with Crippen LogP contribution in [0.1, 0.15) is 47.1 Å². The smallest absolute Gasteiger partial charge is 0.188 e. The quantitative estimate of drug-likeness (QED) is 0.168. The third kappa shape index (κ3) is 5.24. The first-order valence-electron chi connectivity index (χ1n) is 14.7. The number of pyridine rings is 1. The van der Waals surface area contributed by atoms with Gasteiger partial charge in [0.2, 0.25) is 0 Å². The molecule has 224 valence electrons. The Kier molecular flexibility index (Phi) is 7.50. The summed E-state index contributed by atoms with van der Waals surface area (Å²) in [5, 5.41) is 2.26. The van der Waals surface area contributed by atoms with Crippen LogP contribution in [0.2, 0.25) is 0 Å². The van der Waals surface area contributed by atoms with Crippen LogP contribution < -0.4 is 4.74 Å². The van der Waals surface area contributed by atoms with Gasteiger partial charge in [-0.25, -0.2) is 14.1 Å². The summed E-state index contributed by atoms with van der Waals surface area (Å²) in [6.07, 6.45) is 4.04. The first-order chi connectivity index (χ1) is 20.6. The molecule has 0 aliphatic rings. The van der Waals surface area contributed by atoms with E-state index in [1.165, 1.54) is 11.1 Å². The molecule has 0 spiro atoms. The zero-order valence-corrected chi connectivity index (χ0v) is 28.1. The van der Waals surface area contributed by atoms with Crippen molar-refractivity contribution >= 4 is 32.8 Å². The zero-order valence-electron chi connectivity index (χ0n) is 25.8. The molecule has 5 nitrogen and oxygen atoms in total. The third-order valence-electron chi connectivity index (χ3n) is 7.98. The predicted molar refractivity (Wildman–Crippen MR) is 176 cm³/mol. The van der Waals surface area contributed by atoms with Crippen molar-refractivity contribution in [2.75, 3.05) is 0 Å². The minimum atomic E-state index is -0.0664. The Morgan fingerprint density at radius 1 is 0.705 bits per heavy atom. The number of nitrogens with zero attached hydrogens (tertiary/aromatic N) is 4. The van der Waals surface area contributed by atoms with Crippen molar-refractivity contribution in [1.29, 1.82) is 0 Å². The normalized spacial score (nSPS) is 12.1. The molecule has 4 aromatic carbocycles. The second-order valence-electron chi connectivity index (χ2n) is 13.1. The van der Waals surface area contributed by atoms with Gasteiger partial charge in [-0.1, -0.05) is 50.6 Å². The number of ether oxygens (including phenoxy) is 1. The molecule has 3 aromatic heterocycles. The van der Waals surface area contributed by atoms with Gasteiger partial charge < -0.3 is 9.30 Å². The third-order valence-corrected chi connectivity index (χ3v) is 7.98. The van der Waals surface area contributed by atoms with Crippen LogP contribution in [0.3, 0.4) is 0 Å². The Morgan fingerprint density at radius 2 is 1.41 bits per heavy atom. The van der Waals surface area contributed by atoms with E-state index in [2.05, 4.69) is 147 Å². The summed E-state index contributed by atoms with van der Waals surface area (Å²) in [6.45, 7) is 13.3. The Balaban J connectivity index is 0.00000343. The van der Waals surface area contributed by atoms with Crippen LogP contribution in [-0.2, 0) is 32.0 Å². The minimum absolute atomic E-state index is 0. The van der Waals surface area contributed by atoms with Gasteiger partial charge >= 0.3 is 0 Å². The van der Waals surface area contributed by atoms with E-state index >= 15 is 0 Å². The Morgan fingerprint density at radius 3 is 2.16 bits per heavy atom. The van der Waals surface area contributed by atoms with Gasteiger partial charge in [0.05, 0.1) is 5.54 Å². The standard InChI is InChI=1S/C38H35N4O.Pt/c1-37(2,3)26-20-21-39-36(22-26)42-32-15-8-7-14-30(32)31-19-18-29(24-35(31)42)43-28-13-11-12-27(23-28)40-25-41(38(4,5)6)34-17-10-9-16-33(34)40;/h7-22,25H,1-6H3;/q-1;. The van der Waals surface area contributed by atoms with Crippen molar-refractivity contribution in [2.45, 2.75) is 52.5 Å². The Bertz CT molecular complexity index is 2140. The molecule has 6 heteroatoms. The van der Waals surface area contributed by atoms with E-state index in [0.717, 1.165) is 38.8 Å². The van der Waals surface area contributed by atoms with Crippen LogP contribution in [0.25, 0.3) is 44.3 Å². The molecule has 0 unspecified atom stereocenters. The van der Waals surface area contributed by atoms with Gasteiger partial charge in [-0.3, -0.25) is 0 Å². The number of benzene rings is 4. The van der Waals surface area contributed by atoms with Crippen LogP contribution in [0.15, 0.2) is 104 Å². The topological polar surface area (TPSA) is 36.9 Å². The molecule has 0 bridgehead atoms. The molecule has 0 saturated carbocycles. The van der Waals surface area contributed by atoms with Gasteiger partial charge in [0.15, 0.2) is 17.4 Å². The van der Waals surface area contributed by atoms with E-state index in [1.807, 2.05) is 24.4 Å². The van der Waals surface area contributed by atoms with Crippen molar-refractivity contribution < 1.29 is 25.8 Å². The van der Waals surface area contributed by atoms with E-state index in [4.69, 9.17) is 9.72 Å². The molecule has 3 heterocycles. The molecule has 0 fully saturated rings. The Labute approximate surface area is 273 Å². The largest absolute Gasteiger partial charge is 0.508 e. The fraction of sp³-hybridized carbons (Fsp3) is 0.211. The van der Waals surface area contributed by atoms with Crippen LogP contribution in [0.5, 0.6) is 11.5 Å². The maximum absolute atomic E-state index is 6.43. The molecule has 0 aliphatic heterocycles. The summed E-state index contributed by atoms with van der Waals surface area (Å²) < 4.78 is 13.1. The predicted octanol–water partition coefficient (Wildman–Crippen LogP) is 9.65. The number of rotatable bonds is 4. The van der Waals surface area contributed by atoms with Gasteiger partial charge in [-0.15, -0.1) is 29.7 Å². The average molecular weight is 759 g/mol. The maximum Gasteiger partial charge on any atom is 0.188 e. The summed E-state index contributed by atoms with van der Waals surface area (Å²) >= 11 is 0. The summed E-state index contributed by atoms with van der Waals surface area (Å²) in [7, 11) is 0. The monoisotopic (exact) mass is 758 g/mol. The number of hydrogen-bond acceptors (Lipinski definition) is 2. The first-order valence-corrected chi connectivity index (χ1v) is 14.7. The van der Waals surface area contributed by atoms with E-state index in [9.17, 15) is 0 Å². The SMILES string of the molecule is CC(C)(C)c1ccnc(-n2c3[c-]c(Oc4[c-]c(-n5[cH+]n(C(C)(C)C)c6ccccc65)ccc4)ccc3c3ccccc32)c1.[Pt]. The van der Waals surface area contributed by atoms with Crippen LogP contribution in [0.4, 0.5) is 0 Å².